The molecule has 1 fully saturated rings. The molecule has 1 aliphatic heterocycles. The molecule has 0 unspecified atom stereocenters. The van der Waals surface area contributed by atoms with E-state index in [0.717, 1.165) is 16.0 Å². The maximum absolute atomic E-state index is 13.4. The first kappa shape index (κ1) is 29.1. The molecule has 3 aromatic carbocycles. The molecule has 4 rings (SSSR count). The van der Waals surface area contributed by atoms with Gasteiger partial charge in [-0.15, -0.1) is 6.58 Å². The van der Waals surface area contributed by atoms with Crippen LogP contribution in [-0.2, 0) is 27.4 Å². The lowest BCUT2D eigenvalue weighted by Gasteiger charge is -2.26. The van der Waals surface area contributed by atoms with Crippen LogP contribution in [-0.4, -0.2) is 37.5 Å². The maximum atomic E-state index is 13.4. The highest BCUT2D eigenvalue weighted by Crippen LogP contribution is 2.36. The lowest BCUT2D eigenvalue weighted by Crippen LogP contribution is -2.54. The Labute approximate surface area is 242 Å². The Morgan fingerprint density at radius 3 is 2.46 bits per heavy atom. The third kappa shape index (κ3) is 6.64. The normalized spacial score (nSPS) is 14.1. The number of ether oxygens (including phenoxy) is 3. The number of amides is 4. The van der Waals surface area contributed by atoms with Crippen LogP contribution in [0.3, 0.4) is 0 Å². The van der Waals surface area contributed by atoms with Crippen LogP contribution in [0, 0.1) is 0 Å². The quantitative estimate of drug-likeness (QED) is 0.147. The Bertz CT molecular complexity index is 1550. The second-order valence-corrected chi connectivity index (χ2v) is 9.28. The van der Waals surface area contributed by atoms with Crippen LogP contribution in [0.1, 0.15) is 34.0 Å². The number of imide groups is 2. The number of methoxy groups -OCH3 is 1. The number of nitrogens with one attached hydrogen (secondary N) is 1. The highest BCUT2D eigenvalue weighted by molar-refractivity contribution is 6.39. The van der Waals surface area contributed by atoms with Crippen molar-refractivity contribution in [3.8, 4) is 11.5 Å². The first-order valence-electron chi connectivity index (χ1n) is 12.6. The number of allylic oxidation sites excluding steroid dienone is 1. The number of benzene rings is 3. The fraction of sp³-hybridized carbons (Fsp3) is 0.161. The van der Waals surface area contributed by atoms with Gasteiger partial charge in [0, 0.05) is 10.6 Å². The summed E-state index contributed by atoms with van der Waals surface area (Å²) in [6, 6.07) is 15.5. The molecule has 0 spiro atoms. The van der Waals surface area contributed by atoms with E-state index < -0.39 is 23.8 Å². The smallest absolute Gasteiger partial charge is 0.337 e. The Balaban J connectivity index is 1.69. The molecule has 1 N–H and O–H groups in total. The maximum Gasteiger partial charge on any atom is 0.337 e. The van der Waals surface area contributed by atoms with Crippen LogP contribution in [0.2, 0.25) is 5.02 Å². The second-order valence-electron chi connectivity index (χ2n) is 8.85. The molecular weight excluding hydrogens is 548 g/mol. The van der Waals surface area contributed by atoms with Crippen molar-refractivity contribution in [3.63, 3.8) is 0 Å². The molecule has 0 aromatic heterocycles. The average molecular weight is 575 g/mol. The predicted molar refractivity (Wildman–Crippen MR) is 154 cm³/mol. The lowest BCUT2D eigenvalue weighted by atomic mass is 10.0. The van der Waals surface area contributed by atoms with Gasteiger partial charge in [-0.25, -0.2) is 14.5 Å². The standard InChI is InChI=1S/C31H27ClN2O7/c1-4-7-22-14-20(17-26(40-5-2)27(22)41-18-19-8-6-9-23(32)15-19)16-25-28(35)33-31(38)34(29(25)36)24-12-10-21(11-13-24)30(37)39-3/h4,6,8-17H,1,5,7,18H2,2-3H3,(H,33,35,38)/b25-16+. The number of halogens is 1. The minimum atomic E-state index is -0.907. The molecule has 0 radical (unpaired) electrons. The largest absolute Gasteiger partial charge is 0.490 e. The van der Waals surface area contributed by atoms with Crippen molar-refractivity contribution in [1.82, 2.24) is 5.32 Å². The minimum absolute atomic E-state index is 0.172. The van der Waals surface area contributed by atoms with E-state index in [1.165, 1.54) is 37.5 Å². The Morgan fingerprint density at radius 2 is 1.80 bits per heavy atom. The summed E-state index contributed by atoms with van der Waals surface area (Å²) in [6.45, 7) is 6.22. The van der Waals surface area contributed by atoms with E-state index in [9.17, 15) is 19.2 Å². The van der Waals surface area contributed by atoms with E-state index in [2.05, 4.69) is 16.6 Å². The zero-order valence-corrected chi connectivity index (χ0v) is 23.2. The summed E-state index contributed by atoms with van der Waals surface area (Å²) in [5.74, 6) is -1.32. The van der Waals surface area contributed by atoms with E-state index >= 15 is 0 Å². The Morgan fingerprint density at radius 1 is 1.05 bits per heavy atom. The summed E-state index contributed by atoms with van der Waals surface area (Å²) in [5.41, 5.74) is 2.21. The third-order valence-electron chi connectivity index (χ3n) is 6.05. The number of anilines is 1. The molecule has 4 amide bonds. The number of hydrogen-bond acceptors (Lipinski definition) is 7. The van der Waals surface area contributed by atoms with Gasteiger partial charge in [-0.3, -0.25) is 14.9 Å². The number of urea groups is 1. The highest BCUT2D eigenvalue weighted by Gasteiger charge is 2.37. The zero-order chi connectivity index (χ0) is 29.5. The SMILES string of the molecule is C=CCc1cc(/C=C2\C(=O)NC(=O)N(c3ccc(C(=O)OC)cc3)C2=O)cc(OCC)c1OCc1cccc(Cl)c1. The Hall–Kier alpha value is -4.89. The number of carbonyl (C=O) groups is 4. The molecule has 0 atom stereocenters. The van der Waals surface area contributed by atoms with Crippen molar-refractivity contribution in [2.24, 2.45) is 0 Å². The molecule has 0 aliphatic carbocycles. The van der Waals surface area contributed by atoms with Crippen LogP contribution in [0.4, 0.5) is 10.5 Å². The average Bonchev–Trinajstić information content (AvgIpc) is 2.95. The topological polar surface area (TPSA) is 111 Å². The number of nitrogens with zero attached hydrogens (tertiary/aromatic N) is 1. The van der Waals surface area contributed by atoms with Crippen molar-refractivity contribution in [3.05, 3.63) is 106 Å². The van der Waals surface area contributed by atoms with Crippen LogP contribution >= 0.6 is 11.6 Å². The van der Waals surface area contributed by atoms with Gasteiger partial charge in [-0.05, 0) is 79.1 Å². The fourth-order valence-electron chi connectivity index (χ4n) is 4.21. The van der Waals surface area contributed by atoms with Gasteiger partial charge in [0.2, 0.25) is 0 Å². The van der Waals surface area contributed by atoms with Crippen molar-refractivity contribution in [2.75, 3.05) is 18.6 Å². The monoisotopic (exact) mass is 574 g/mol. The van der Waals surface area contributed by atoms with Gasteiger partial charge in [0.1, 0.15) is 12.2 Å². The molecule has 1 saturated heterocycles. The van der Waals surface area contributed by atoms with Gasteiger partial charge in [0.15, 0.2) is 11.5 Å². The summed E-state index contributed by atoms with van der Waals surface area (Å²) >= 11 is 6.11. The third-order valence-corrected chi connectivity index (χ3v) is 6.28. The van der Waals surface area contributed by atoms with Crippen LogP contribution in [0.15, 0.2) is 78.9 Å². The summed E-state index contributed by atoms with van der Waals surface area (Å²) in [4.78, 5) is 51.4. The molecule has 41 heavy (non-hydrogen) atoms. The van der Waals surface area contributed by atoms with Crippen molar-refractivity contribution >= 4 is 47.2 Å². The number of hydrogen-bond donors (Lipinski definition) is 1. The van der Waals surface area contributed by atoms with Gasteiger partial charge < -0.3 is 14.2 Å². The summed E-state index contributed by atoms with van der Waals surface area (Å²) in [5, 5.41) is 2.79. The molecule has 210 valence electrons. The van der Waals surface area contributed by atoms with Crippen molar-refractivity contribution in [1.29, 1.82) is 0 Å². The van der Waals surface area contributed by atoms with Crippen molar-refractivity contribution in [2.45, 2.75) is 20.0 Å². The van der Waals surface area contributed by atoms with Gasteiger partial charge in [0.05, 0.1) is 25.0 Å². The van der Waals surface area contributed by atoms with E-state index in [1.54, 1.807) is 30.3 Å². The molecule has 9 nitrogen and oxygen atoms in total. The van der Waals surface area contributed by atoms with Gasteiger partial charge in [0.25, 0.3) is 11.8 Å². The number of barbiturate groups is 1. The zero-order valence-electron chi connectivity index (χ0n) is 22.4. The van der Waals surface area contributed by atoms with E-state index in [4.69, 9.17) is 21.1 Å². The lowest BCUT2D eigenvalue weighted by molar-refractivity contribution is -0.122. The molecule has 1 heterocycles. The van der Waals surface area contributed by atoms with Gasteiger partial charge in [-0.2, -0.15) is 0 Å². The van der Waals surface area contributed by atoms with E-state index in [1.807, 2.05) is 19.1 Å². The van der Waals surface area contributed by atoms with Crippen LogP contribution in [0.5, 0.6) is 11.5 Å². The van der Waals surface area contributed by atoms with Crippen molar-refractivity contribution < 1.29 is 33.4 Å². The van der Waals surface area contributed by atoms with Crippen LogP contribution < -0.4 is 19.7 Å². The van der Waals surface area contributed by atoms with E-state index in [-0.39, 0.29) is 23.4 Å². The second kappa shape index (κ2) is 13.0. The number of esters is 1. The van der Waals surface area contributed by atoms with E-state index in [0.29, 0.717) is 35.1 Å². The molecule has 0 bridgehead atoms. The summed E-state index contributed by atoms with van der Waals surface area (Å²) in [6.07, 6.45) is 3.50. The fourth-order valence-corrected chi connectivity index (χ4v) is 4.42. The first-order chi connectivity index (χ1) is 19.7. The summed E-state index contributed by atoms with van der Waals surface area (Å²) < 4.78 is 16.7. The van der Waals surface area contributed by atoms with Gasteiger partial charge >= 0.3 is 12.0 Å². The van der Waals surface area contributed by atoms with Gasteiger partial charge in [-0.1, -0.05) is 29.8 Å². The molecule has 0 saturated carbocycles. The summed E-state index contributed by atoms with van der Waals surface area (Å²) in [7, 11) is 1.25. The molecule has 3 aromatic rings. The molecular formula is C31H27ClN2O7. The molecule has 1 aliphatic rings. The molecule has 10 heteroatoms. The highest BCUT2D eigenvalue weighted by atomic mass is 35.5. The predicted octanol–water partition coefficient (Wildman–Crippen LogP) is 5.50. The number of rotatable bonds is 10. The van der Waals surface area contributed by atoms with Crippen LogP contribution in [0.25, 0.3) is 6.08 Å². The minimum Gasteiger partial charge on any atom is -0.490 e. The number of carbonyl (C=O) groups excluding carboxylic acids is 4. The first-order valence-corrected chi connectivity index (χ1v) is 13.0. The Kier molecular flexibility index (Phi) is 9.21.